The van der Waals surface area contributed by atoms with Crippen LogP contribution in [-0.2, 0) is 26.2 Å². The fraction of sp³-hybridized carbons (Fsp3) is 0.286. The van der Waals surface area contributed by atoms with Gasteiger partial charge in [-0.25, -0.2) is 4.90 Å². The van der Waals surface area contributed by atoms with E-state index < -0.39 is 46.8 Å². The van der Waals surface area contributed by atoms with E-state index in [-0.39, 0.29) is 30.4 Å². The van der Waals surface area contributed by atoms with Gasteiger partial charge in [0.2, 0.25) is 23.6 Å². The van der Waals surface area contributed by atoms with Crippen LogP contribution in [-0.4, -0.2) is 52.6 Å². The summed E-state index contributed by atoms with van der Waals surface area (Å²) in [6.45, 7) is 5.74. The Bertz CT molecular complexity index is 2990. The highest BCUT2D eigenvalue weighted by Gasteiger charge is 2.68. The Morgan fingerprint density at radius 3 is 2.24 bits per heavy atom. The number of anilines is 3. The molecular weight excluding hydrogens is 834 g/mol. The van der Waals surface area contributed by atoms with Crippen LogP contribution >= 0.6 is 22.9 Å². The smallest absolute Gasteiger partial charge is 0.242 e. The summed E-state index contributed by atoms with van der Waals surface area (Å²) < 4.78 is 2.61. The topological polar surface area (TPSA) is 141 Å². The van der Waals surface area contributed by atoms with Crippen LogP contribution in [0.4, 0.5) is 28.6 Å². The third-order valence-corrected chi connectivity index (χ3v) is 15.3. The van der Waals surface area contributed by atoms with Crippen LogP contribution in [0.3, 0.4) is 0 Å². The number of nitrogens with zero attached hydrogens (tertiary/aromatic N) is 7. The van der Waals surface area contributed by atoms with Crippen molar-refractivity contribution in [2.45, 2.75) is 39.5 Å². The average Bonchev–Trinajstić information content (AvgIpc) is 3.94. The first-order valence-corrected chi connectivity index (χ1v) is 22.1. The highest BCUT2D eigenvalue weighted by Crippen LogP contribution is 2.64. The molecule has 3 fully saturated rings. The lowest BCUT2D eigenvalue weighted by molar-refractivity contribution is -0.131. The van der Waals surface area contributed by atoms with Gasteiger partial charge in [0.15, 0.2) is 0 Å². The van der Waals surface area contributed by atoms with Gasteiger partial charge in [-0.05, 0) is 123 Å². The van der Waals surface area contributed by atoms with Crippen molar-refractivity contribution in [1.82, 2.24) is 9.78 Å². The van der Waals surface area contributed by atoms with Crippen LogP contribution < -0.4 is 14.7 Å². The number of benzene rings is 4. The minimum absolute atomic E-state index is 0.00521. The van der Waals surface area contributed by atoms with E-state index in [1.54, 1.807) is 65.5 Å². The molecule has 4 aromatic carbocycles. The van der Waals surface area contributed by atoms with Crippen LogP contribution in [0, 0.1) is 42.9 Å². The Kier molecular flexibility index (Phi) is 9.57. The van der Waals surface area contributed by atoms with Gasteiger partial charge >= 0.3 is 0 Å². The van der Waals surface area contributed by atoms with Crippen molar-refractivity contribution in [2.24, 2.45) is 46.4 Å². The number of fused-ring (bicyclic) bond motifs is 5. The zero-order chi connectivity index (χ0) is 44.2. The second-order valence-electron chi connectivity index (χ2n) is 17.6. The van der Waals surface area contributed by atoms with Gasteiger partial charge in [-0.2, -0.15) is 15.3 Å². The number of hydrogen-bond acceptors (Lipinski definition) is 10. The summed E-state index contributed by atoms with van der Waals surface area (Å²) in [5.74, 6) is -4.75. The molecule has 14 heteroatoms. The third kappa shape index (κ3) is 6.26. The number of aryl methyl sites for hydroxylation is 3. The molecule has 6 atom stereocenters. The minimum atomic E-state index is -1.34. The number of carbonyl (C=O) groups excluding carboxylic acids is 4. The van der Waals surface area contributed by atoms with Crippen molar-refractivity contribution in [1.29, 1.82) is 0 Å². The first kappa shape index (κ1) is 40.6. The number of hydrogen-bond donors (Lipinski definition) is 1. The number of azo groups is 1. The number of phenolic OH excluding ortho intramolecular Hbond substituents is 1. The zero-order valence-electron chi connectivity index (χ0n) is 35.5. The maximum absolute atomic E-state index is 15.2. The lowest BCUT2D eigenvalue weighted by atomic mass is 9.51. The van der Waals surface area contributed by atoms with Crippen LogP contribution in [0.2, 0.25) is 5.02 Å². The van der Waals surface area contributed by atoms with Crippen molar-refractivity contribution in [3.8, 4) is 16.3 Å². The Morgan fingerprint density at radius 2 is 1.54 bits per heavy atom. The average molecular weight is 878 g/mol. The van der Waals surface area contributed by atoms with Gasteiger partial charge in [0.1, 0.15) is 17.3 Å². The Labute approximate surface area is 373 Å². The summed E-state index contributed by atoms with van der Waals surface area (Å²) in [7, 11) is 5.65. The molecule has 0 spiro atoms. The number of amides is 4. The Balaban J connectivity index is 0.993. The normalized spacial score (nSPS) is 24.4. The maximum Gasteiger partial charge on any atom is 0.242 e. The molecule has 2 aromatic heterocycles. The molecule has 4 aliphatic rings. The van der Waals surface area contributed by atoms with E-state index >= 15 is 9.59 Å². The second kappa shape index (κ2) is 14.8. The number of allylic oxidation sites excluding steroid dienone is 2. The van der Waals surface area contributed by atoms with Gasteiger partial charge in [0.05, 0.1) is 45.1 Å². The van der Waals surface area contributed by atoms with Crippen molar-refractivity contribution in [3.05, 3.63) is 124 Å². The van der Waals surface area contributed by atoms with Crippen LogP contribution in [0.5, 0.6) is 5.75 Å². The van der Waals surface area contributed by atoms with Gasteiger partial charge in [0, 0.05) is 54.1 Å². The van der Waals surface area contributed by atoms with Gasteiger partial charge in [-0.3, -0.25) is 28.8 Å². The Hall–Kier alpha value is -6.44. The second-order valence-corrected chi connectivity index (χ2v) is 19.1. The van der Waals surface area contributed by atoms with Crippen molar-refractivity contribution < 1.29 is 24.3 Å². The predicted octanol–water partition coefficient (Wildman–Crippen LogP) is 10.2. The first-order valence-electron chi connectivity index (χ1n) is 20.9. The van der Waals surface area contributed by atoms with E-state index in [4.69, 9.17) is 16.7 Å². The Morgan fingerprint density at radius 1 is 0.841 bits per heavy atom. The number of aromatic nitrogens is 2. The van der Waals surface area contributed by atoms with E-state index in [0.29, 0.717) is 39.2 Å². The molecule has 0 bridgehead atoms. The van der Waals surface area contributed by atoms with Gasteiger partial charge in [0.25, 0.3) is 0 Å². The van der Waals surface area contributed by atoms with Gasteiger partial charge in [-0.15, -0.1) is 11.3 Å². The van der Waals surface area contributed by atoms with Crippen LogP contribution in [0.15, 0.2) is 113 Å². The molecule has 0 radical (unpaired) electrons. The zero-order valence-corrected chi connectivity index (χ0v) is 37.1. The summed E-state index contributed by atoms with van der Waals surface area (Å²) >= 11 is 7.91. The summed E-state index contributed by atoms with van der Waals surface area (Å²) in [6, 6.07) is 27.3. The lowest BCUT2D eigenvalue weighted by Gasteiger charge is -2.49. The standard InChI is InChI=1S/C49H44ClN7O5S/c1-25-7-19-39(58)36(21-25)43-32-17-18-33-42(47(61)56(45(33)59)31-15-11-29(12-16-31)52-51-28-9-13-30(14-10-28)54(4)5)35(32)23-37-46(60)57(48(62)49(37,43)3)41-24-38(53-55(41)6)44-26(2)34-22-27(50)8-20-40(34)63-44/h7-17,19-22,24,33,35,37,42-43,58H,18,23H2,1-6H3/t33-,35+,37?,42?,43?,49?/m0/s1. The molecule has 10 rings (SSSR count). The number of rotatable bonds is 7. The minimum Gasteiger partial charge on any atom is -0.508 e. The molecule has 2 aliphatic carbocycles. The number of phenols is 1. The number of imide groups is 2. The van der Waals surface area contributed by atoms with Crippen molar-refractivity contribution in [2.75, 3.05) is 28.8 Å². The lowest BCUT2D eigenvalue weighted by Crippen LogP contribution is -2.49. The molecule has 1 N–H and O–H groups in total. The highest BCUT2D eigenvalue weighted by atomic mass is 35.5. The van der Waals surface area contributed by atoms with Crippen LogP contribution in [0.25, 0.3) is 20.7 Å². The number of aromatic hydroxyl groups is 1. The molecule has 4 amide bonds. The summed E-state index contributed by atoms with van der Waals surface area (Å²) in [5, 5.41) is 26.7. The summed E-state index contributed by atoms with van der Waals surface area (Å²) in [5.41, 5.74) is 5.16. The number of thiophene rings is 1. The van der Waals surface area contributed by atoms with Crippen molar-refractivity contribution in [3.63, 3.8) is 0 Å². The molecule has 2 aliphatic heterocycles. The SMILES string of the molecule is Cc1ccc(O)c(C2C3=CC[C@@H]4C(=O)N(c5ccc(N=Nc6ccc(N(C)C)cc6)cc5)C(=O)C4[C@@H]3CC3C(=O)N(c4cc(-c5sc6ccc(Cl)cc6c5C)nn4C)C(=O)C32C)c1. The predicted molar refractivity (Wildman–Crippen MR) is 245 cm³/mol. The number of halogens is 1. The van der Waals surface area contributed by atoms with E-state index in [2.05, 4.69) is 10.2 Å². The maximum atomic E-state index is 15.2. The van der Waals surface area contributed by atoms with Crippen LogP contribution in [0.1, 0.15) is 42.4 Å². The number of carbonyl (C=O) groups is 4. The molecular formula is C49H44ClN7O5S. The van der Waals surface area contributed by atoms with E-state index in [1.807, 2.05) is 94.4 Å². The van der Waals surface area contributed by atoms with E-state index in [9.17, 15) is 14.7 Å². The quantitative estimate of drug-likeness (QED) is 0.0956. The monoisotopic (exact) mass is 877 g/mol. The van der Waals surface area contributed by atoms with Crippen molar-refractivity contribution >= 4 is 85.2 Å². The van der Waals surface area contributed by atoms with Gasteiger partial charge in [-0.1, -0.05) is 40.9 Å². The fourth-order valence-corrected chi connectivity index (χ4v) is 11.9. The fourth-order valence-electron chi connectivity index (χ4n) is 10.6. The molecule has 318 valence electrons. The third-order valence-electron chi connectivity index (χ3n) is 13.7. The molecule has 4 heterocycles. The van der Waals surface area contributed by atoms with E-state index in [1.165, 1.54) is 9.80 Å². The summed E-state index contributed by atoms with van der Waals surface area (Å²) in [4.78, 5) is 64.7. The molecule has 2 saturated heterocycles. The molecule has 12 nitrogen and oxygen atoms in total. The van der Waals surface area contributed by atoms with Gasteiger partial charge < -0.3 is 10.0 Å². The van der Waals surface area contributed by atoms with E-state index in [0.717, 1.165) is 37.4 Å². The molecule has 1 saturated carbocycles. The first-order chi connectivity index (χ1) is 30.1. The summed E-state index contributed by atoms with van der Waals surface area (Å²) in [6.07, 6.45) is 2.44. The molecule has 63 heavy (non-hydrogen) atoms. The highest BCUT2D eigenvalue weighted by molar-refractivity contribution is 7.22. The molecule has 4 unspecified atom stereocenters. The largest absolute Gasteiger partial charge is 0.508 e. The molecule has 6 aromatic rings.